The van der Waals surface area contributed by atoms with Crippen LogP contribution >= 0.6 is 11.8 Å². The number of carbonyl (C=O) groups is 1. The van der Waals surface area contributed by atoms with Gasteiger partial charge < -0.3 is 15.1 Å². The van der Waals surface area contributed by atoms with Crippen molar-refractivity contribution in [1.29, 1.82) is 0 Å². The van der Waals surface area contributed by atoms with Crippen molar-refractivity contribution in [2.24, 2.45) is 5.92 Å². The molecule has 4 aliphatic heterocycles. The number of fused-ring (bicyclic) bond motifs is 4. The maximum absolute atomic E-state index is 15.9. The van der Waals surface area contributed by atoms with Crippen LogP contribution in [0.5, 0.6) is 0 Å². The van der Waals surface area contributed by atoms with Gasteiger partial charge in [0.15, 0.2) is 11.5 Å². The predicted octanol–water partition coefficient (Wildman–Crippen LogP) is 4.16. The van der Waals surface area contributed by atoms with Gasteiger partial charge in [0.25, 0.3) is 11.8 Å². The number of hydrogen-bond donors (Lipinski definition) is 3. The number of aliphatic hydroxyl groups is 2. The highest BCUT2D eigenvalue weighted by molar-refractivity contribution is 7.98. The van der Waals surface area contributed by atoms with Crippen LogP contribution < -0.4 is 5.43 Å². The van der Waals surface area contributed by atoms with E-state index < -0.39 is 35.8 Å². The fraction of sp³-hybridized carbons (Fsp3) is 0.346. The first-order valence-corrected chi connectivity index (χ1v) is 12.8. The zero-order valence-corrected chi connectivity index (χ0v) is 19.9. The molecule has 4 heterocycles. The molecule has 1 amide bonds. The fourth-order valence-electron chi connectivity index (χ4n) is 5.44. The predicted molar refractivity (Wildman–Crippen MR) is 127 cm³/mol. The number of aliphatic hydroxyl groups excluding tert-OH is 2. The van der Waals surface area contributed by atoms with Gasteiger partial charge in [-0.15, -0.1) is 11.8 Å². The van der Waals surface area contributed by atoms with Crippen LogP contribution in [0.25, 0.3) is 0 Å². The lowest BCUT2D eigenvalue weighted by atomic mass is 9.83. The number of hydrogen-bond acceptors (Lipinski definition) is 6. The second-order valence-electron chi connectivity index (χ2n) is 9.58. The maximum Gasteiger partial charge on any atom is 0.276 e. The molecule has 0 aliphatic carbocycles. The summed E-state index contributed by atoms with van der Waals surface area (Å²) in [6, 6.07) is 9.41. The first-order chi connectivity index (χ1) is 17.2. The van der Waals surface area contributed by atoms with Gasteiger partial charge in [0, 0.05) is 34.9 Å². The largest absolute Gasteiger partial charge is 0.507 e. The third-order valence-electron chi connectivity index (χ3n) is 7.43. The highest BCUT2D eigenvalue weighted by atomic mass is 32.2. The second kappa shape index (κ2) is 8.57. The molecular weight excluding hydrogens is 491 g/mol. The molecule has 2 saturated heterocycles. The van der Waals surface area contributed by atoms with Crippen LogP contribution in [0.1, 0.15) is 35.1 Å². The Morgan fingerprint density at radius 1 is 1.11 bits per heavy atom. The van der Waals surface area contributed by atoms with E-state index in [4.69, 9.17) is 0 Å². The van der Waals surface area contributed by atoms with E-state index in [2.05, 4.69) is 5.43 Å². The number of amides is 1. The molecule has 2 fully saturated rings. The van der Waals surface area contributed by atoms with Crippen molar-refractivity contribution in [3.63, 3.8) is 0 Å². The number of piperidine rings is 1. The van der Waals surface area contributed by atoms with E-state index in [1.54, 1.807) is 18.2 Å². The number of halogens is 3. The van der Waals surface area contributed by atoms with E-state index in [0.717, 1.165) is 21.6 Å². The Morgan fingerprint density at radius 3 is 2.78 bits per heavy atom. The normalized spacial score (nSPS) is 25.7. The average Bonchev–Trinajstić information content (AvgIpc) is 3.04. The summed E-state index contributed by atoms with van der Waals surface area (Å²) >= 11 is 1.52. The van der Waals surface area contributed by atoms with E-state index in [1.807, 2.05) is 0 Å². The molecule has 4 aliphatic rings. The van der Waals surface area contributed by atoms with Crippen molar-refractivity contribution in [3.05, 3.63) is 88.2 Å². The van der Waals surface area contributed by atoms with Crippen LogP contribution in [0.3, 0.4) is 0 Å². The van der Waals surface area contributed by atoms with E-state index in [9.17, 15) is 19.4 Å². The molecule has 0 aromatic heterocycles. The molecule has 36 heavy (non-hydrogen) atoms. The van der Waals surface area contributed by atoms with Gasteiger partial charge in [0.1, 0.15) is 18.1 Å². The number of nitrogens with one attached hydrogen (secondary N) is 1. The summed E-state index contributed by atoms with van der Waals surface area (Å²) < 4.78 is 45.4. The van der Waals surface area contributed by atoms with Crippen LogP contribution in [0, 0.1) is 11.7 Å². The number of benzene rings is 2. The van der Waals surface area contributed by atoms with Crippen molar-refractivity contribution in [2.45, 2.75) is 48.1 Å². The summed E-state index contributed by atoms with van der Waals surface area (Å²) in [7, 11) is 0. The molecule has 0 radical (unpaired) electrons. The summed E-state index contributed by atoms with van der Waals surface area (Å²) in [4.78, 5) is 15.3. The highest BCUT2D eigenvalue weighted by Crippen LogP contribution is 2.45. The number of rotatable bonds is 2. The smallest absolute Gasteiger partial charge is 0.276 e. The lowest BCUT2D eigenvalue weighted by Crippen LogP contribution is -2.64. The van der Waals surface area contributed by atoms with Crippen molar-refractivity contribution < 1.29 is 28.2 Å². The van der Waals surface area contributed by atoms with Gasteiger partial charge in [0.05, 0.1) is 0 Å². The summed E-state index contributed by atoms with van der Waals surface area (Å²) in [5, 5.41) is 21.3. The van der Waals surface area contributed by atoms with Crippen LogP contribution in [-0.4, -0.2) is 44.8 Å². The SMILES string of the molecule is O=C1C2=C(O)C(O)C=CN2NC2CC(C(F)(F)c3ccc4c(c3)Cc3ccc(F)cc3CS4)CCN12. The highest BCUT2D eigenvalue weighted by Gasteiger charge is 2.49. The minimum absolute atomic E-state index is 0.0214. The summed E-state index contributed by atoms with van der Waals surface area (Å²) in [6.45, 7) is 0.0981. The van der Waals surface area contributed by atoms with Gasteiger partial charge in [-0.05, 0) is 66.3 Å². The minimum Gasteiger partial charge on any atom is -0.507 e. The second-order valence-corrected chi connectivity index (χ2v) is 10.6. The van der Waals surface area contributed by atoms with Gasteiger partial charge in [-0.25, -0.2) is 18.6 Å². The lowest BCUT2D eigenvalue weighted by molar-refractivity contribution is -0.150. The van der Waals surface area contributed by atoms with Gasteiger partial charge in [-0.2, -0.15) is 0 Å². The third-order valence-corrected chi connectivity index (χ3v) is 8.59. The van der Waals surface area contributed by atoms with E-state index in [0.29, 0.717) is 12.2 Å². The van der Waals surface area contributed by atoms with E-state index in [1.165, 1.54) is 52.1 Å². The Labute approximate surface area is 210 Å². The summed E-state index contributed by atoms with van der Waals surface area (Å²) in [5.41, 5.74) is 5.49. The quantitative estimate of drug-likeness (QED) is 0.558. The minimum atomic E-state index is -3.12. The molecule has 188 valence electrons. The molecule has 0 saturated carbocycles. The number of thioether (sulfide) groups is 1. The molecule has 2 aromatic rings. The van der Waals surface area contributed by atoms with E-state index in [-0.39, 0.29) is 36.5 Å². The van der Waals surface area contributed by atoms with Crippen molar-refractivity contribution >= 4 is 17.7 Å². The Balaban J connectivity index is 1.24. The first-order valence-electron chi connectivity index (χ1n) is 11.8. The summed E-state index contributed by atoms with van der Waals surface area (Å²) in [5.74, 6) is -4.81. The van der Waals surface area contributed by atoms with Crippen molar-refractivity contribution in [2.75, 3.05) is 6.54 Å². The van der Waals surface area contributed by atoms with Gasteiger partial charge in [-0.1, -0.05) is 12.1 Å². The Bertz CT molecular complexity index is 1310. The van der Waals surface area contributed by atoms with Crippen molar-refractivity contribution in [3.8, 4) is 0 Å². The molecule has 10 heteroatoms. The van der Waals surface area contributed by atoms with Crippen molar-refractivity contribution in [1.82, 2.24) is 15.3 Å². The van der Waals surface area contributed by atoms with Gasteiger partial charge >= 0.3 is 0 Å². The van der Waals surface area contributed by atoms with Gasteiger partial charge in [0.2, 0.25) is 0 Å². The lowest BCUT2D eigenvalue weighted by Gasteiger charge is -2.48. The number of nitrogens with zero attached hydrogens (tertiary/aromatic N) is 2. The van der Waals surface area contributed by atoms with Gasteiger partial charge in [-0.3, -0.25) is 9.80 Å². The standard InChI is InChI=1S/C26H24F3N3O3S/c27-19-3-1-14-9-15-10-17(2-4-21(15)36-13-16(14)11-19)26(28,29)18-5-7-31-22(12-18)30-32-8-6-20(33)24(34)23(32)25(31)35/h1-4,6,8,10-11,18,20,22,30,33-34H,5,7,9,12-13H2. The Kier molecular flexibility index (Phi) is 5.58. The van der Waals surface area contributed by atoms with Crippen LogP contribution in [-0.2, 0) is 22.9 Å². The number of alkyl halides is 2. The van der Waals surface area contributed by atoms with Crippen LogP contribution in [0.2, 0.25) is 0 Å². The average molecular weight is 516 g/mol. The maximum atomic E-state index is 15.9. The molecule has 3 unspecified atom stereocenters. The summed E-state index contributed by atoms with van der Waals surface area (Å²) in [6.07, 6.45) is 1.36. The molecule has 3 atom stereocenters. The first kappa shape index (κ1) is 23.4. The third kappa shape index (κ3) is 3.79. The Hall–Kier alpha value is -2.95. The zero-order valence-electron chi connectivity index (χ0n) is 19.1. The molecule has 6 rings (SSSR count). The zero-order chi connectivity index (χ0) is 25.2. The molecule has 3 N–H and O–H groups in total. The number of carbonyl (C=O) groups excluding carboxylic acids is 1. The monoisotopic (exact) mass is 515 g/mol. The van der Waals surface area contributed by atoms with Crippen LogP contribution in [0.4, 0.5) is 13.2 Å². The number of hydrazine groups is 1. The fourth-order valence-corrected chi connectivity index (χ4v) is 6.50. The molecule has 2 aromatic carbocycles. The topological polar surface area (TPSA) is 76.0 Å². The molecular formula is C26H24F3N3O3S. The molecule has 0 bridgehead atoms. The molecule has 6 nitrogen and oxygen atoms in total. The molecule has 0 spiro atoms. The van der Waals surface area contributed by atoms with Crippen LogP contribution in [0.15, 0.2) is 65.0 Å². The Morgan fingerprint density at radius 2 is 1.94 bits per heavy atom. The van der Waals surface area contributed by atoms with E-state index >= 15 is 8.78 Å².